The van der Waals surface area contributed by atoms with Crippen LogP contribution in [-0.2, 0) is 0 Å². The summed E-state index contributed by atoms with van der Waals surface area (Å²) in [6.45, 7) is 2.79. The average Bonchev–Trinajstić information content (AvgIpc) is 2.47. The summed E-state index contributed by atoms with van der Waals surface area (Å²) in [6, 6.07) is 10.2. The molecule has 0 spiro atoms. The van der Waals surface area contributed by atoms with E-state index in [0.29, 0.717) is 11.8 Å². The molecule has 1 aromatic carbocycles. The molecule has 0 unspecified atom stereocenters. The summed E-state index contributed by atoms with van der Waals surface area (Å²) in [4.78, 5) is 8.59. The van der Waals surface area contributed by atoms with Crippen LogP contribution in [0.3, 0.4) is 0 Å². The molecule has 108 valence electrons. The SMILES string of the molecule is Cc1c(/C=C/c2ccccc2)ncnc1OCC1CCC1. The van der Waals surface area contributed by atoms with Gasteiger partial charge in [-0.1, -0.05) is 42.8 Å². The van der Waals surface area contributed by atoms with Crippen LogP contribution < -0.4 is 4.74 Å². The van der Waals surface area contributed by atoms with Crippen molar-refractivity contribution in [1.29, 1.82) is 0 Å². The number of nitrogens with zero attached hydrogens (tertiary/aromatic N) is 2. The molecule has 0 aliphatic heterocycles. The molecule has 1 fully saturated rings. The van der Waals surface area contributed by atoms with Crippen LogP contribution >= 0.6 is 0 Å². The van der Waals surface area contributed by atoms with E-state index in [9.17, 15) is 0 Å². The minimum Gasteiger partial charge on any atom is -0.477 e. The number of aromatic nitrogens is 2. The second-order valence-electron chi connectivity index (χ2n) is 5.54. The lowest BCUT2D eigenvalue weighted by atomic mass is 9.86. The van der Waals surface area contributed by atoms with Crippen LogP contribution in [0.2, 0.25) is 0 Å². The molecular weight excluding hydrogens is 260 g/mol. The molecule has 0 N–H and O–H groups in total. The predicted molar refractivity (Wildman–Crippen MR) is 85.0 cm³/mol. The Balaban J connectivity index is 1.71. The summed E-state index contributed by atoms with van der Waals surface area (Å²) in [6.07, 6.45) is 9.55. The third-order valence-electron chi connectivity index (χ3n) is 3.99. The van der Waals surface area contributed by atoms with E-state index in [2.05, 4.69) is 28.2 Å². The maximum Gasteiger partial charge on any atom is 0.219 e. The highest BCUT2D eigenvalue weighted by Gasteiger charge is 2.18. The van der Waals surface area contributed by atoms with E-state index in [1.165, 1.54) is 19.3 Å². The zero-order valence-corrected chi connectivity index (χ0v) is 12.3. The van der Waals surface area contributed by atoms with Crippen molar-refractivity contribution in [3.05, 3.63) is 53.5 Å². The van der Waals surface area contributed by atoms with E-state index in [1.807, 2.05) is 31.2 Å². The van der Waals surface area contributed by atoms with E-state index in [0.717, 1.165) is 23.4 Å². The van der Waals surface area contributed by atoms with E-state index in [4.69, 9.17) is 4.74 Å². The lowest BCUT2D eigenvalue weighted by molar-refractivity contribution is 0.174. The second-order valence-corrected chi connectivity index (χ2v) is 5.54. The van der Waals surface area contributed by atoms with Gasteiger partial charge in [-0.05, 0) is 37.3 Å². The number of hydrogen-bond acceptors (Lipinski definition) is 3. The van der Waals surface area contributed by atoms with Crippen molar-refractivity contribution >= 4 is 12.2 Å². The maximum absolute atomic E-state index is 5.85. The Labute approximate surface area is 125 Å². The van der Waals surface area contributed by atoms with Crippen LogP contribution in [0, 0.1) is 12.8 Å². The first kappa shape index (κ1) is 13.8. The molecule has 21 heavy (non-hydrogen) atoms. The molecule has 1 aliphatic rings. The van der Waals surface area contributed by atoms with Crippen LogP contribution in [0.25, 0.3) is 12.2 Å². The third-order valence-corrected chi connectivity index (χ3v) is 3.99. The molecular formula is C18H20N2O. The van der Waals surface area contributed by atoms with Gasteiger partial charge in [0.15, 0.2) is 0 Å². The van der Waals surface area contributed by atoms with Gasteiger partial charge in [0.05, 0.1) is 12.3 Å². The summed E-state index contributed by atoms with van der Waals surface area (Å²) >= 11 is 0. The number of ether oxygens (including phenoxy) is 1. The van der Waals surface area contributed by atoms with Gasteiger partial charge in [0.25, 0.3) is 0 Å². The van der Waals surface area contributed by atoms with Crippen LogP contribution in [0.4, 0.5) is 0 Å². The summed E-state index contributed by atoms with van der Waals surface area (Å²) in [5.41, 5.74) is 3.08. The maximum atomic E-state index is 5.85. The molecule has 3 heteroatoms. The fourth-order valence-corrected chi connectivity index (χ4v) is 2.36. The molecule has 0 bridgehead atoms. The Kier molecular flexibility index (Phi) is 4.29. The largest absolute Gasteiger partial charge is 0.477 e. The Bertz CT molecular complexity index is 618. The molecule has 1 aromatic heterocycles. The molecule has 1 aliphatic carbocycles. The van der Waals surface area contributed by atoms with Gasteiger partial charge in [-0.25, -0.2) is 9.97 Å². The lowest BCUT2D eigenvalue weighted by Crippen LogP contribution is -2.20. The zero-order valence-electron chi connectivity index (χ0n) is 12.3. The van der Waals surface area contributed by atoms with Gasteiger partial charge < -0.3 is 4.74 Å². The smallest absolute Gasteiger partial charge is 0.219 e. The zero-order chi connectivity index (χ0) is 14.5. The molecule has 0 radical (unpaired) electrons. The van der Waals surface area contributed by atoms with Crippen molar-refractivity contribution < 1.29 is 4.74 Å². The summed E-state index contributed by atoms with van der Waals surface area (Å²) < 4.78 is 5.85. The van der Waals surface area contributed by atoms with E-state index in [1.54, 1.807) is 6.33 Å². The first-order valence-corrected chi connectivity index (χ1v) is 7.50. The second kappa shape index (κ2) is 6.53. The van der Waals surface area contributed by atoms with Gasteiger partial charge in [-0.2, -0.15) is 0 Å². The number of rotatable bonds is 5. The summed E-state index contributed by atoms with van der Waals surface area (Å²) in [7, 11) is 0. The number of benzene rings is 1. The Morgan fingerprint density at radius 1 is 1.14 bits per heavy atom. The average molecular weight is 280 g/mol. The van der Waals surface area contributed by atoms with Gasteiger partial charge in [-0.15, -0.1) is 0 Å². The fourth-order valence-electron chi connectivity index (χ4n) is 2.36. The van der Waals surface area contributed by atoms with Crippen molar-refractivity contribution in [2.75, 3.05) is 6.61 Å². The van der Waals surface area contributed by atoms with E-state index in [-0.39, 0.29) is 0 Å². The van der Waals surface area contributed by atoms with Gasteiger partial charge in [0.1, 0.15) is 6.33 Å². The molecule has 0 atom stereocenters. The molecule has 3 rings (SSSR count). The quantitative estimate of drug-likeness (QED) is 0.825. The van der Waals surface area contributed by atoms with E-state index >= 15 is 0 Å². The lowest BCUT2D eigenvalue weighted by Gasteiger charge is -2.25. The van der Waals surface area contributed by atoms with Crippen molar-refractivity contribution in [3.63, 3.8) is 0 Å². The first-order chi connectivity index (χ1) is 10.3. The number of hydrogen-bond donors (Lipinski definition) is 0. The Hall–Kier alpha value is -2.16. The molecule has 0 amide bonds. The topological polar surface area (TPSA) is 35.0 Å². The molecule has 1 saturated carbocycles. The molecule has 3 nitrogen and oxygen atoms in total. The first-order valence-electron chi connectivity index (χ1n) is 7.50. The van der Waals surface area contributed by atoms with Gasteiger partial charge >= 0.3 is 0 Å². The van der Waals surface area contributed by atoms with E-state index < -0.39 is 0 Å². The van der Waals surface area contributed by atoms with Crippen molar-refractivity contribution in [1.82, 2.24) is 9.97 Å². The highest BCUT2D eigenvalue weighted by molar-refractivity contribution is 5.69. The summed E-state index contributed by atoms with van der Waals surface area (Å²) in [5.74, 6) is 1.42. The Morgan fingerprint density at radius 2 is 1.95 bits per heavy atom. The van der Waals surface area contributed by atoms with Crippen LogP contribution in [0.5, 0.6) is 5.88 Å². The third kappa shape index (κ3) is 3.48. The molecule has 2 aromatic rings. The van der Waals surface area contributed by atoms with Gasteiger partial charge in [-0.3, -0.25) is 0 Å². The fraction of sp³-hybridized carbons (Fsp3) is 0.333. The highest BCUT2D eigenvalue weighted by Crippen LogP contribution is 2.27. The van der Waals surface area contributed by atoms with Gasteiger partial charge in [0.2, 0.25) is 5.88 Å². The monoisotopic (exact) mass is 280 g/mol. The van der Waals surface area contributed by atoms with Gasteiger partial charge in [0, 0.05) is 5.56 Å². The van der Waals surface area contributed by atoms with Crippen LogP contribution in [-0.4, -0.2) is 16.6 Å². The van der Waals surface area contributed by atoms with Crippen molar-refractivity contribution in [3.8, 4) is 5.88 Å². The van der Waals surface area contributed by atoms with Crippen molar-refractivity contribution in [2.45, 2.75) is 26.2 Å². The Morgan fingerprint density at radius 3 is 2.67 bits per heavy atom. The summed E-state index contributed by atoms with van der Waals surface area (Å²) in [5, 5.41) is 0. The normalized spacial score (nSPS) is 15.1. The van der Waals surface area contributed by atoms with Crippen molar-refractivity contribution in [2.24, 2.45) is 5.92 Å². The minimum absolute atomic E-state index is 0.711. The predicted octanol–water partition coefficient (Wildman–Crippen LogP) is 4.13. The van der Waals surface area contributed by atoms with Crippen LogP contribution in [0.1, 0.15) is 36.1 Å². The highest BCUT2D eigenvalue weighted by atomic mass is 16.5. The standard InChI is InChI=1S/C18H20N2O/c1-14-17(11-10-15-6-3-2-4-7-15)19-13-20-18(14)21-12-16-8-5-9-16/h2-4,6-7,10-11,13,16H,5,8-9,12H2,1H3/b11-10+. The molecule has 1 heterocycles. The molecule has 0 saturated heterocycles. The minimum atomic E-state index is 0.711. The van der Waals surface area contributed by atoms with Crippen LogP contribution in [0.15, 0.2) is 36.7 Å².